The summed E-state index contributed by atoms with van der Waals surface area (Å²) in [6.07, 6.45) is 0. The summed E-state index contributed by atoms with van der Waals surface area (Å²) < 4.78 is 0. The van der Waals surface area contributed by atoms with Crippen molar-refractivity contribution in [3.8, 4) is 20.9 Å². The molecule has 0 unspecified atom stereocenters. The molecule has 4 rings (SSSR count). The van der Waals surface area contributed by atoms with Gasteiger partial charge in [0.2, 0.25) is 0 Å². The van der Waals surface area contributed by atoms with E-state index in [9.17, 15) is 0 Å². The third kappa shape index (κ3) is 3.19. The molecular weight excluding hydrogens is 336 g/mol. The van der Waals surface area contributed by atoms with E-state index in [1.165, 1.54) is 26.4 Å². The predicted molar refractivity (Wildman–Crippen MR) is 113 cm³/mol. The Balaban J connectivity index is 1.66. The molecule has 0 spiro atoms. The first-order valence-electron chi connectivity index (χ1n) is 9.21. The van der Waals surface area contributed by atoms with E-state index < -0.39 is 0 Å². The molecule has 0 fully saturated rings. The molecule has 2 aromatic heterocycles. The zero-order valence-electron chi connectivity index (χ0n) is 15.7. The number of hydrogen-bond donors (Lipinski definition) is 1. The van der Waals surface area contributed by atoms with Crippen molar-refractivity contribution in [1.82, 2.24) is 9.97 Å². The molecule has 0 atom stereocenters. The van der Waals surface area contributed by atoms with E-state index in [2.05, 4.69) is 92.3 Å². The van der Waals surface area contributed by atoms with Gasteiger partial charge in [-0.1, -0.05) is 58.0 Å². The highest BCUT2D eigenvalue weighted by atomic mass is 32.1. The summed E-state index contributed by atoms with van der Waals surface area (Å²) in [5, 5.41) is 0. The number of aromatic nitrogens is 2. The van der Waals surface area contributed by atoms with Crippen LogP contribution in [0.4, 0.5) is 0 Å². The molecule has 0 saturated heterocycles. The summed E-state index contributed by atoms with van der Waals surface area (Å²) in [5.41, 5.74) is 6.07. The van der Waals surface area contributed by atoms with Crippen LogP contribution in [0.15, 0.2) is 54.6 Å². The minimum absolute atomic E-state index is 0.410. The molecule has 2 nitrogen and oxygen atoms in total. The van der Waals surface area contributed by atoms with Gasteiger partial charge in [0.25, 0.3) is 0 Å². The fourth-order valence-corrected chi connectivity index (χ4v) is 4.14. The molecule has 0 aliphatic carbocycles. The van der Waals surface area contributed by atoms with Crippen LogP contribution in [0.5, 0.6) is 0 Å². The molecule has 132 valence electrons. The number of thiophene rings is 1. The fourth-order valence-electron chi connectivity index (χ4n) is 3.14. The molecule has 2 aromatic carbocycles. The fraction of sp³-hybridized carbons (Fsp3) is 0.261. The number of imidazole rings is 1. The van der Waals surface area contributed by atoms with Gasteiger partial charge in [-0.3, -0.25) is 0 Å². The number of H-pyrrole nitrogens is 1. The lowest BCUT2D eigenvalue weighted by molar-refractivity contribution is 0.799. The second-order valence-electron chi connectivity index (χ2n) is 7.45. The summed E-state index contributed by atoms with van der Waals surface area (Å²) in [6, 6.07) is 19.9. The Bertz CT molecular complexity index is 1040. The van der Waals surface area contributed by atoms with Gasteiger partial charge < -0.3 is 4.98 Å². The van der Waals surface area contributed by atoms with E-state index in [1.54, 1.807) is 0 Å². The van der Waals surface area contributed by atoms with Crippen LogP contribution in [0.3, 0.4) is 0 Å². The van der Waals surface area contributed by atoms with Gasteiger partial charge in [-0.25, -0.2) is 4.98 Å². The molecule has 0 amide bonds. The van der Waals surface area contributed by atoms with E-state index in [-0.39, 0.29) is 0 Å². The average molecular weight is 361 g/mol. The van der Waals surface area contributed by atoms with Crippen LogP contribution in [-0.2, 0) is 0 Å². The molecule has 26 heavy (non-hydrogen) atoms. The van der Waals surface area contributed by atoms with Gasteiger partial charge in [-0.2, -0.15) is 0 Å². The van der Waals surface area contributed by atoms with Crippen LogP contribution in [-0.4, -0.2) is 9.97 Å². The standard InChI is InChI=1S/C23H24N2S/c1-14(2)16-5-7-17(8-6-16)21-11-12-22(26-21)18-9-10-19-20(13-18)25-23(24-19)15(3)4/h5-15H,1-4H3,(H,24,25). The van der Waals surface area contributed by atoms with E-state index >= 15 is 0 Å². The summed E-state index contributed by atoms with van der Waals surface area (Å²) >= 11 is 1.84. The first kappa shape index (κ1) is 17.0. The lowest BCUT2D eigenvalue weighted by Gasteiger charge is -2.05. The van der Waals surface area contributed by atoms with E-state index in [0.29, 0.717) is 11.8 Å². The maximum Gasteiger partial charge on any atom is 0.109 e. The number of rotatable bonds is 4. The Hall–Kier alpha value is -2.39. The van der Waals surface area contributed by atoms with Crippen LogP contribution in [0.25, 0.3) is 31.9 Å². The van der Waals surface area contributed by atoms with Crippen LogP contribution >= 0.6 is 11.3 Å². The largest absolute Gasteiger partial charge is 0.342 e. The van der Waals surface area contributed by atoms with Crippen LogP contribution in [0, 0.1) is 0 Å². The van der Waals surface area contributed by atoms with Gasteiger partial charge in [0.1, 0.15) is 5.82 Å². The molecule has 0 bridgehead atoms. The lowest BCUT2D eigenvalue weighted by atomic mass is 10.0. The van der Waals surface area contributed by atoms with Gasteiger partial charge in [0, 0.05) is 15.7 Å². The maximum atomic E-state index is 4.67. The third-order valence-electron chi connectivity index (χ3n) is 4.80. The first-order valence-corrected chi connectivity index (χ1v) is 10.0. The molecule has 0 aliphatic rings. The highest BCUT2D eigenvalue weighted by Crippen LogP contribution is 2.36. The molecule has 2 heterocycles. The highest BCUT2D eigenvalue weighted by molar-refractivity contribution is 7.18. The number of hydrogen-bond acceptors (Lipinski definition) is 2. The Kier molecular flexibility index (Phi) is 4.41. The lowest BCUT2D eigenvalue weighted by Crippen LogP contribution is -1.88. The minimum Gasteiger partial charge on any atom is -0.342 e. The Morgan fingerprint density at radius 3 is 2.08 bits per heavy atom. The number of fused-ring (bicyclic) bond motifs is 1. The third-order valence-corrected chi connectivity index (χ3v) is 5.98. The predicted octanol–water partition coefficient (Wildman–Crippen LogP) is 7.21. The van der Waals surface area contributed by atoms with Gasteiger partial charge >= 0.3 is 0 Å². The van der Waals surface area contributed by atoms with Crippen LogP contribution in [0.1, 0.15) is 50.9 Å². The van der Waals surface area contributed by atoms with Crippen molar-refractivity contribution in [2.75, 3.05) is 0 Å². The van der Waals surface area contributed by atoms with Crippen molar-refractivity contribution in [3.63, 3.8) is 0 Å². The maximum absolute atomic E-state index is 4.67. The van der Waals surface area contributed by atoms with Crippen molar-refractivity contribution in [2.45, 2.75) is 39.5 Å². The number of nitrogens with zero attached hydrogens (tertiary/aromatic N) is 1. The molecular formula is C23H24N2S. The Morgan fingerprint density at radius 1 is 0.769 bits per heavy atom. The normalized spacial score (nSPS) is 11.8. The molecule has 4 aromatic rings. The van der Waals surface area contributed by atoms with Gasteiger partial charge in [-0.05, 0) is 46.9 Å². The topological polar surface area (TPSA) is 28.7 Å². The zero-order chi connectivity index (χ0) is 18.3. The van der Waals surface area contributed by atoms with Gasteiger partial charge in [0.05, 0.1) is 11.0 Å². The summed E-state index contributed by atoms with van der Waals surface area (Å²) in [5.74, 6) is 2.03. The van der Waals surface area contributed by atoms with E-state index in [1.807, 2.05) is 11.3 Å². The second-order valence-corrected chi connectivity index (χ2v) is 8.53. The Morgan fingerprint density at radius 2 is 1.42 bits per heavy atom. The first-order chi connectivity index (χ1) is 12.5. The second kappa shape index (κ2) is 6.73. The average Bonchev–Trinajstić information content (AvgIpc) is 3.28. The van der Waals surface area contributed by atoms with Crippen LogP contribution < -0.4 is 0 Å². The van der Waals surface area contributed by atoms with Gasteiger partial charge in [-0.15, -0.1) is 11.3 Å². The molecule has 0 saturated carbocycles. The zero-order valence-corrected chi connectivity index (χ0v) is 16.5. The number of benzene rings is 2. The minimum atomic E-state index is 0.410. The SMILES string of the molecule is CC(C)c1ccc(-c2ccc(-c3ccc4nc(C(C)C)[nH]c4c3)s2)cc1. The van der Waals surface area contributed by atoms with Crippen molar-refractivity contribution < 1.29 is 0 Å². The van der Waals surface area contributed by atoms with E-state index in [4.69, 9.17) is 0 Å². The van der Waals surface area contributed by atoms with Crippen molar-refractivity contribution >= 4 is 22.4 Å². The van der Waals surface area contributed by atoms with Crippen molar-refractivity contribution in [1.29, 1.82) is 0 Å². The molecule has 3 heteroatoms. The monoisotopic (exact) mass is 360 g/mol. The smallest absolute Gasteiger partial charge is 0.109 e. The molecule has 0 aliphatic heterocycles. The molecule has 0 radical (unpaired) electrons. The summed E-state index contributed by atoms with van der Waals surface area (Å²) in [6.45, 7) is 8.78. The number of aromatic amines is 1. The van der Waals surface area contributed by atoms with Crippen molar-refractivity contribution in [2.24, 2.45) is 0 Å². The quantitative estimate of drug-likeness (QED) is 0.409. The van der Waals surface area contributed by atoms with Crippen LogP contribution in [0.2, 0.25) is 0 Å². The highest BCUT2D eigenvalue weighted by Gasteiger charge is 2.10. The van der Waals surface area contributed by atoms with E-state index in [0.717, 1.165) is 16.9 Å². The Labute approximate surface area is 158 Å². The summed E-state index contributed by atoms with van der Waals surface area (Å²) in [4.78, 5) is 10.7. The molecule has 1 N–H and O–H groups in total. The van der Waals surface area contributed by atoms with Gasteiger partial charge in [0.15, 0.2) is 0 Å². The summed E-state index contributed by atoms with van der Waals surface area (Å²) in [7, 11) is 0. The number of nitrogens with one attached hydrogen (secondary N) is 1. The van der Waals surface area contributed by atoms with Crippen molar-refractivity contribution in [3.05, 3.63) is 66.0 Å².